The summed E-state index contributed by atoms with van der Waals surface area (Å²) in [5, 5.41) is 6.25. The van der Waals surface area contributed by atoms with Crippen LogP contribution in [-0.4, -0.2) is 68.0 Å². The number of urea groups is 1. The molecule has 3 aliphatic rings. The first-order valence-electron chi connectivity index (χ1n) is 9.44. The minimum atomic E-state index is -3.94. The molecule has 1 aromatic rings. The van der Waals surface area contributed by atoms with Gasteiger partial charge in [0.05, 0.1) is 12.1 Å². The summed E-state index contributed by atoms with van der Waals surface area (Å²) in [7, 11) is -3.94. The molecule has 7 nitrogen and oxygen atoms in total. The van der Waals surface area contributed by atoms with Crippen molar-refractivity contribution in [1.29, 1.82) is 0 Å². The first-order chi connectivity index (χ1) is 12.9. The van der Waals surface area contributed by atoms with Gasteiger partial charge in [0.1, 0.15) is 10.7 Å². The van der Waals surface area contributed by atoms with Crippen LogP contribution in [0, 0.1) is 12.7 Å². The van der Waals surface area contributed by atoms with Crippen molar-refractivity contribution in [3.63, 3.8) is 0 Å². The van der Waals surface area contributed by atoms with Gasteiger partial charge in [0.2, 0.25) is 10.0 Å². The zero-order chi connectivity index (χ0) is 19.2. The van der Waals surface area contributed by atoms with Gasteiger partial charge in [-0.15, -0.1) is 0 Å². The number of nitrogens with one attached hydrogen (secondary N) is 2. The third kappa shape index (κ3) is 3.21. The number of carbonyl (C=O) groups excluding carboxylic acids is 1. The average molecular weight is 396 g/mol. The van der Waals surface area contributed by atoms with E-state index in [0.29, 0.717) is 12.0 Å². The highest BCUT2D eigenvalue weighted by Crippen LogP contribution is 2.31. The van der Waals surface area contributed by atoms with Crippen LogP contribution in [0.3, 0.4) is 0 Å². The Hall–Kier alpha value is -1.71. The number of hydrogen-bond donors (Lipinski definition) is 2. The number of nitrogens with zero attached hydrogens (tertiary/aromatic N) is 2. The number of rotatable bonds is 3. The summed E-state index contributed by atoms with van der Waals surface area (Å²) in [4.78, 5) is 14.2. The molecular weight excluding hydrogens is 371 g/mol. The average Bonchev–Trinajstić information content (AvgIpc) is 2.99. The number of halogens is 1. The molecule has 3 aliphatic heterocycles. The molecule has 4 rings (SSSR count). The fourth-order valence-electron chi connectivity index (χ4n) is 4.47. The molecule has 0 spiro atoms. The van der Waals surface area contributed by atoms with Crippen LogP contribution in [0.2, 0.25) is 0 Å². The summed E-state index contributed by atoms with van der Waals surface area (Å²) in [5.74, 6) is -0.702. The van der Waals surface area contributed by atoms with Gasteiger partial charge in [-0.05, 0) is 50.9 Å². The highest BCUT2D eigenvalue weighted by atomic mass is 32.2. The molecule has 27 heavy (non-hydrogen) atoms. The fourth-order valence-corrected chi connectivity index (χ4v) is 6.09. The van der Waals surface area contributed by atoms with Crippen LogP contribution < -0.4 is 10.6 Å². The van der Waals surface area contributed by atoms with E-state index in [1.807, 2.05) is 4.90 Å². The Morgan fingerprint density at radius 2 is 1.93 bits per heavy atom. The molecule has 3 saturated heterocycles. The van der Waals surface area contributed by atoms with Gasteiger partial charge in [-0.2, -0.15) is 4.31 Å². The fraction of sp³-hybridized carbons (Fsp3) is 0.611. The predicted molar refractivity (Wildman–Crippen MR) is 98.4 cm³/mol. The van der Waals surface area contributed by atoms with E-state index < -0.39 is 15.8 Å². The maximum atomic E-state index is 14.4. The molecule has 1 aromatic carbocycles. The molecule has 148 valence electrons. The minimum Gasteiger partial charge on any atom is -0.332 e. The Balaban J connectivity index is 1.54. The SMILES string of the molecule is Cc1cccc(S(=O)(=O)N2CCC3C(C2)NC(=O)N3C2CCNCC2)c1F. The van der Waals surface area contributed by atoms with Crippen LogP contribution >= 0.6 is 0 Å². The van der Waals surface area contributed by atoms with Gasteiger partial charge in [0.15, 0.2) is 0 Å². The summed E-state index contributed by atoms with van der Waals surface area (Å²) >= 11 is 0. The van der Waals surface area contributed by atoms with Crippen molar-refractivity contribution in [3.05, 3.63) is 29.6 Å². The number of benzene rings is 1. The molecule has 0 saturated carbocycles. The number of amides is 2. The van der Waals surface area contributed by atoms with Gasteiger partial charge in [0, 0.05) is 19.1 Å². The Morgan fingerprint density at radius 3 is 2.67 bits per heavy atom. The molecule has 2 unspecified atom stereocenters. The third-order valence-corrected chi connectivity index (χ3v) is 7.80. The van der Waals surface area contributed by atoms with E-state index in [4.69, 9.17) is 0 Å². The summed E-state index contributed by atoms with van der Waals surface area (Å²) < 4.78 is 41.6. The smallest absolute Gasteiger partial charge is 0.318 e. The number of aryl methyl sites for hydroxylation is 1. The van der Waals surface area contributed by atoms with E-state index >= 15 is 0 Å². The van der Waals surface area contributed by atoms with Crippen molar-refractivity contribution in [2.45, 2.75) is 49.2 Å². The molecule has 0 bridgehead atoms. The minimum absolute atomic E-state index is 0.00518. The van der Waals surface area contributed by atoms with E-state index in [9.17, 15) is 17.6 Å². The Bertz CT molecular complexity index is 841. The number of hydrogen-bond acceptors (Lipinski definition) is 4. The highest BCUT2D eigenvalue weighted by molar-refractivity contribution is 7.89. The van der Waals surface area contributed by atoms with E-state index in [1.54, 1.807) is 19.1 Å². The second kappa shape index (κ2) is 7.03. The van der Waals surface area contributed by atoms with Gasteiger partial charge in [0.25, 0.3) is 0 Å². The molecule has 0 radical (unpaired) electrons. The van der Waals surface area contributed by atoms with Crippen LogP contribution in [0.1, 0.15) is 24.8 Å². The summed E-state index contributed by atoms with van der Waals surface area (Å²) in [6, 6.07) is 4.22. The summed E-state index contributed by atoms with van der Waals surface area (Å²) in [6.07, 6.45) is 2.38. The standard InChI is InChI=1S/C18H25FN4O3S/c1-12-3-2-4-16(17(12)19)27(25,26)22-10-7-15-14(11-22)21-18(24)23(15)13-5-8-20-9-6-13/h2-4,13-15,20H,5-11H2,1H3,(H,21,24). The number of carbonyl (C=O) groups is 1. The van der Waals surface area contributed by atoms with Crippen molar-refractivity contribution < 1.29 is 17.6 Å². The largest absolute Gasteiger partial charge is 0.332 e. The second-order valence-electron chi connectivity index (χ2n) is 7.55. The molecule has 9 heteroatoms. The Kier molecular flexibility index (Phi) is 4.85. The Labute approximate surface area is 159 Å². The number of sulfonamides is 1. The number of fused-ring (bicyclic) bond motifs is 1. The molecule has 3 heterocycles. The van der Waals surface area contributed by atoms with Crippen LogP contribution in [0.15, 0.2) is 23.1 Å². The van der Waals surface area contributed by atoms with Crippen LogP contribution in [0.4, 0.5) is 9.18 Å². The van der Waals surface area contributed by atoms with Crippen LogP contribution in [0.5, 0.6) is 0 Å². The van der Waals surface area contributed by atoms with Crippen molar-refractivity contribution in [1.82, 2.24) is 19.8 Å². The van der Waals surface area contributed by atoms with E-state index in [0.717, 1.165) is 25.9 Å². The lowest BCUT2D eigenvalue weighted by atomic mass is 9.97. The summed E-state index contributed by atoms with van der Waals surface area (Å²) in [5.41, 5.74) is 0.303. The zero-order valence-electron chi connectivity index (χ0n) is 15.3. The van der Waals surface area contributed by atoms with Crippen molar-refractivity contribution in [2.75, 3.05) is 26.2 Å². The van der Waals surface area contributed by atoms with Crippen LogP contribution in [0.25, 0.3) is 0 Å². The van der Waals surface area contributed by atoms with Crippen molar-refractivity contribution in [2.24, 2.45) is 0 Å². The van der Waals surface area contributed by atoms with Crippen molar-refractivity contribution >= 4 is 16.1 Å². The van der Waals surface area contributed by atoms with Crippen molar-refractivity contribution in [3.8, 4) is 0 Å². The third-order valence-electron chi connectivity index (χ3n) is 5.92. The normalized spacial score (nSPS) is 27.5. The highest BCUT2D eigenvalue weighted by Gasteiger charge is 2.47. The van der Waals surface area contributed by atoms with Gasteiger partial charge in [-0.1, -0.05) is 12.1 Å². The predicted octanol–water partition coefficient (Wildman–Crippen LogP) is 1.04. The number of piperidine rings is 2. The quantitative estimate of drug-likeness (QED) is 0.800. The van der Waals surface area contributed by atoms with Gasteiger partial charge in [-0.3, -0.25) is 0 Å². The first kappa shape index (κ1) is 18.6. The molecule has 3 fully saturated rings. The lowest BCUT2D eigenvalue weighted by Gasteiger charge is -2.40. The lowest BCUT2D eigenvalue weighted by Crippen LogP contribution is -2.55. The van der Waals surface area contributed by atoms with E-state index in [2.05, 4.69) is 10.6 Å². The topological polar surface area (TPSA) is 81.8 Å². The van der Waals surface area contributed by atoms with E-state index in [-0.39, 0.29) is 42.1 Å². The van der Waals surface area contributed by atoms with Gasteiger partial charge < -0.3 is 15.5 Å². The van der Waals surface area contributed by atoms with Gasteiger partial charge in [-0.25, -0.2) is 17.6 Å². The molecule has 0 aliphatic carbocycles. The summed E-state index contributed by atoms with van der Waals surface area (Å²) in [6.45, 7) is 3.79. The van der Waals surface area contributed by atoms with Gasteiger partial charge >= 0.3 is 6.03 Å². The zero-order valence-corrected chi connectivity index (χ0v) is 16.1. The monoisotopic (exact) mass is 396 g/mol. The Morgan fingerprint density at radius 1 is 1.19 bits per heavy atom. The molecule has 2 amide bonds. The molecule has 2 N–H and O–H groups in total. The molecule has 0 aromatic heterocycles. The maximum Gasteiger partial charge on any atom is 0.318 e. The first-order valence-corrected chi connectivity index (χ1v) is 10.9. The maximum absolute atomic E-state index is 14.4. The lowest BCUT2D eigenvalue weighted by molar-refractivity contribution is 0.129. The molecule has 2 atom stereocenters. The second-order valence-corrected chi connectivity index (χ2v) is 9.46. The van der Waals surface area contributed by atoms with E-state index in [1.165, 1.54) is 10.4 Å². The molecular formula is C18H25FN4O3S. The van der Waals surface area contributed by atoms with Crippen LogP contribution in [-0.2, 0) is 10.0 Å².